The molecule has 21 heavy (non-hydrogen) atoms. The van der Waals surface area contributed by atoms with Gasteiger partial charge in [-0.25, -0.2) is 0 Å². The van der Waals surface area contributed by atoms with E-state index in [1.165, 1.54) is 0 Å². The normalized spacial score (nSPS) is 10.2. The molecule has 0 saturated carbocycles. The Hall–Kier alpha value is -1.72. The van der Waals surface area contributed by atoms with E-state index in [1.54, 1.807) is 42.5 Å². The van der Waals surface area contributed by atoms with Crippen LogP contribution in [0.25, 0.3) is 0 Å². The molecule has 0 saturated heterocycles. The minimum absolute atomic E-state index is 0.134. The molecule has 0 radical (unpaired) electrons. The molecule has 6 heteroatoms. The van der Waals surface area contributed by atoms with E-state index in [0.717, 1.165) is 4.47 Å². The highest BCUT2D eigenvalue weighted by molar-refractivity contribution is 9.10. The van der Waals surface area contributed by atoms with Crippen molar-refractivity contribution >= 4 is 44.8 Å². The predicted octanol–water partition coefficient (Wildman–Crippen LogP) is 4.09. The number of halogens is 2. The monoisotopic (exact) mass is 368 g/mol. The summed E-state index contributed by atoms with van der Waals surface area (Å²) in [6.07, 6.45) is 0.240. The predicted molar refractivity (Wildman–Crippen MR) is 88.7 cm³/mol. The molecule has 0 aromatic heterocycles. The summed E-state index contributed by atoms with van der Waals surface area (Å²) in [6.45, 7) is 0.272. The molecule has 2 aromatic rings. The molecule has 0 heterocycles. The number of nitrogen functional groups attached to an aromatic ring is 1. The van der Waals surface area contributed by atoms with Crippen molar-refractivity contribution in [3.05, 3.63) is 52.0 Å². The molecule has 0 atom stereocenters. The van der Waals surface area contributed by atoms with Gasteiger partial charge in [-0.05, 0) is 52.3 Å². The van der Waals surface area contributed by atoms with Crippen LogP contribution in [-0.4, -0.2) is 12.5 Å². The molecule has 0 aliphatic heterocycles. The lowest BCUT2D eigenvalue weighted by Crippen LogP contribution is -2.15. The van der Waals surface area contributed by atoms with Gasteiger partial charge in [0.2, 0.25) is 5.91 Å². The number of ether oxygens (including phenoxy) is 1. The van der Waals surface area contributed by atoms with Crippen molar-refractivity contribution in [2.45, 2.75) is 6.42 Å². The van der Waals surface area contributed by atoms with Crippen LogP contribution in [-0.2, 0) is 4.79 Å². The number of amides is 1. The molecule has 3 N–H and O–H groups in total. The van der Waals surface area contributed by atoms with E-state index in [4.69, 9.17) is 22.1 Å². The first-order chi connectivity index (χ1) is 10.0. The van der Waals surface area contributed by atoms with Crippen LogP contribution >= 0.6 is 27.5 Å². The maximum Gasteiger partial charge on any atom is 0.227 e. The summed E-state index contributed by atoms with van der Waals surface area (Å²) in [5.74, 6) is 0.516. The molecule has 0 fully saturated rings. The van der Waals surface area contributed by atoms with E-state index >= 15 is 0 Å². The average molecular weight is 370 g/mol. The molecule has 4 nitrogen and oxygen atoms in total. The lowest BCUT2D eigenvalue weighted by Gasteiger charge is -2.09. The third-order valence-corrected chi connectivity index (χ3v) is 3.51. The van der Waals surface area contributed by atoms with Crippen molar-refractivity contribution in [1.82, 2.24) is 0 Å². The zero-order valence-electron chi connectivity index (χ0n) is 11.1. The summed E-state index contributed by atoms with van der Waals surface area (Å²) in [5.41, 5.74) is 6.93. The first-order valence-corrected chi connectivity index (χ1v) is 7.45. The van der Waals surface area contributed by atoms with Crippen LogP contribution in [0.5, 0.6) is 5.75 Å². The van der Waals surface area contributed by atoms with Gasteiger partial charge in [-0.15, -0.1) is 0 Å². The second kappa shape index (κ2) is 7.33. The average Bonchev–Trinajstić information content (AvgIpc) is 2.41. The lowest BCUT2D eigenvalue weighted by atomic mass is 10.3. The largest absolute Gasteiger partial charge is 0.492 e. The SMILES string of the molecule is Nc1cccc(NC(=O)CCOc2ccc(Cl)cc2Br)c1. The van der Waals surface area contributed by atoms with E-state index in [-0.39, 0.29) is 18.9 Å². The van der Waals surface area contributed by atoms with Crippen molar-refractivity contribution in [3.63, 3.8) is 0 Å². The van der Waals surface area contributed by atoms with E-state index in [0.29, 0.717) is 22.1 Å². The number of nitrogens with one attached hydrogen (secondary N) is 1. The van der Waals surface area contributed by atoms with Gasteiger partial charge in [-0.1, -0.05) is 17.7 Å². The number of benzene rings is 2. The van der Waals surface area contributed by atoms with Crippen molar-refractivity contribution in [2.75, 3.05) is 17.7 Å². The van der Waals surface area contributed by atoms with Crippen LogP contribution < -0.4 is 15.8 Å². The molecule has 0 bridgehead atoms. The minimum atomic E-state index is -0.134. The topological polar surface area (TPSA) is 64.3 Å². The van der Waals surface area contributed by atoms with Gasteiger partial charge in [0.05, 0.1) is 17.5 Å². The molecule has 110 valence electrons. The van der Waals surface area contributed by atoms with Gasteiger partial charge in [-0.2, -0.15) is 0 Å². The fourth-order valence-electron chi connectivity index (χ4n) is 1.69. The van der Waals surface area contributed by atoms with Crippen molar-refractivity contribution < 1.29 is 9.53 Å². The molecule has 1 amide bonds. The maximum absolute atomic E-state index is 11.8. The van der Waals surface area contributed by atoms with Gasteiger partial charge in [0.1, 0.15) is 5.75 Å². The molecular weight excluding hydrogens is 356 g/mol. The van der Waals surface area contributed by atoms with E-state index < -0.39 is 0 Å². The first-order valence-electron chi connectivity index (χ1n) is 6.28. The second-order valence-corrected chi connectivity index (χ2v) is 5.64. The van der Waals surface area contributed by atoms with Crippen LogP contribution in [0.4, 0.5) is 11.4 Å². The number of hydrogen-bond donors (Lipinski definition) is 2. The molecule has 0 spiro atoms. The maximum atomic E-state index is 11.8. The van der Waals surface area contributed by atoms with Crippen LogP contribution in [0.3, 0.4) is 0 Å². The fraction of sp³-hybridized carbons (Fsp3) is 0.133. The van der Waals surface area contributed by atoms with Crippen molar-refractivity contribution in [2.24, 2.45) is 0 Å². The van der Waals surface area contributed by atoms with Gasteiger partial charge in [0, 0.05) is 16.4 Å². The van der Waals surface area contributed by atoms with Crippen LogP contribution in [0.15, 0.2) is 46.9 Å². The van der Waals surface area contributed by atoms with Crippen LogP contribution in [0.2, 0.25) is 5.02 Å². The first kappa shape index (κ1) is 15.7. The molecular formula is C15H14BrClN2O2. The third kappa shape index (κ3) is 4.95. The van der Waals surface area contributed by atoms with E-state index in [1.807, 2.05) is 0 Å². The molecule has 0 aliphatic carbocycles. The smallest absolute Gasteiger partial charge is 0.227 e. The Balaban J connectivity index is 1.81. The summed E-state index contributed by atoms with van der Waals surface area (Å²) >= 11 is 9.20. The van der Waals surface area contributed by atoms with Crippen LogP contribution in [0.1, 0.15) is 6.42 Å². The fourth-order valence-corrected chi connectivity index (χ4v) is 2.48. The summed E-state index contributed by atoms with van der Waals surface area (Å²) in [6, 6.07) is 12.3. The number of hydrogen-bond acceptors (Lipinski definition) is 3. The third-order valence-electron chi connectivity index (χ3n) is 2.65. The molecule has 2 aromatic carbocycles. The quantitative estimate of drug-likeness (QED) is 0.780. The highest BCUT2D eigenvalue weighted by Gasteiger charge is 2.05. The van der Waals surface area contributed by atoms with Gasteiger partial charge < -0.3 is 15.8 Å². The van der Waals surface area contributed by atoms with E-state index in [9.17, 15) is 4.79 Å². The van der Waals surface area contributed by atoms with Gasteiger partial charge in [-0.3, -0.25) is 4.79 Å². The Labute approximate surface area is 136 Å². The minimum Gasteiger partial charge on any atom is -0.492 e. The molecule has 0 unspecified atom stereocenters. The Bertz CT molecular complexity index is 649. The number of nitrogens with two attached hydrogens (primary N) is 1. The van der Waals surface area contributed by atoms with E-state index in [2.05, 4.69) is 21.2 Å². The second-order valence-electron chi connectivity index (χ2n) is 4.35. The van der Waals surface area contributed by atoms with Crippen molar-refractivity contribution in [3.8, 4) is 5.75 Å². The highest BCUT2D eigenvalue weighted by atomic mass is 79.9. The molecule has 0 aliphatic rings. The number of rotatable bonds is 5. The number of carbonyl (C=O) groups excluding carboxylic acids is 1. The van der Waals surface area contributed by atoms with Crippen molar-refractivity contribution in [1.29, 1.82) is 0 Å². The summed E-state index contributed by atoms with van der Waals surface area (Å²) in [4.78, 5) is 11.8. The summed E-state index contributed by atoms with van der Waals surface area (Å²) < 4.78 is 6.29. The summed E-state index contributed by atoms with van der Waals surface area (Å²) in [7, 11) is 0. The number of anilines is 2. The Kier molecular flexibility index (Phi) is 5.47. The Morgan fingerprint density at radius 1 is 1.29 bits per heavy atom. The molecule has 2 rings (SSSR count). The summed E-state index contributed by atoms with van der Waals surface area (Å²) in [5, 5.41) is 3.38. The highest BCUT2D eigenvalue weighted by Crippen LogP contribution is 2.28. The number of carbonyl (C=O) groups is 1. The standard InChI is InChI=1S/C15H14BrClN2O2/c16-13-8-10(17)4-5-14(13)21-7-6-15(20)19-12-3-1-2-11(18)9-12/h1-5,8-9H,6-7,18H2,(H,19,20). The van der Waals surface area contributed by atoms with Gasteiger partial charge in [0.25, 0.3) is 0 Å². The van der Waals surface area contributed by atoms with Gasteiger partial charge >= 0.3 is 0 Å². The zero-order valence-corrected chi connectivity index (χ0v) is 13.4. The zero-order chi connectivity index (χ0) is 15.2. The van der Waals surface area contributed by atoms with Gasteiger partial charge in [0.15, 0.2) is 0 Å². The Morgan fingerprint density at radius 3 is 2.81 bits per heavy atom. The van der Waals surface area contributed by atoms with Crippen LogP contribution in [0, 0.1) is 0 Å². The Morgan fingerprint density at radius 2 is 2.10 bits per heavy atom. The lowest BCUT2D eigenvalue weighted by molar-refractivity contribution is -0.116.